The Morgan fingerprint density at radius 2 is 2.12 bits per heavy atom. The molecule has 0 amide bonds. The van der Waals surface area contributed by atoms with Crippen LogP contribution in [0.2, 0.25) is 0 Å². The molecule has 3 heteroatoms. The van der Waals surface area contributed by atoms with E-state index in [9.17, 15) is 5.11 Å². The summed E-state index contributed by atoms with van der Waals surface area (Å²) >= 11 is 0. The van der Waals surface area contributed by atoms with Gasteiger partial charge in [-0.15, -0.1) is 0 Å². The highest BCUT2D eigenvalue weighted by atomic mass is 16.5. The van der Waals surface area contributed by atoms with Crippen LogP contribution in [0.5, 0.6) is 11.5 Å². The first kappa shape index (κ1) is 11.3. The van der Waals surface area contributed by atoms with Gasteiger partial charge in [0.1, 0.15) is 11.5 Å². The van der Waals surface area contributed by atoms with Gasteiger partial charge in [0.05, 0.1) is 14.2 Å². The molecule has 88 valence electrons. The average molecular weight is 222 g/mol. The molecule has 0 aliphatic heterocycles. The molecule has 0 aromatic heterocycles. The van der Waals surface area contributed by atoms with E-state index in [1.807, 2.05) is 18.2 Å². The van der Waals surface area contributed by atoms with Crippen LogP contribution >= 0.6 is 0 Å². The van der Waals surface area contributed by atoms with Crippen LogP contribution < -0.4 is 9.47 Å². The number of ether oxygens (including phenoxy) is 2. The summed E-state index contributed by atoms with van der Waals surface area (Å²) in [5.74, 6) is 2.05. The largest absolute Gasteiger partial charge is 0.497 e. The lowest BCUT2D eigenvalue weighted by Gasteiger charge is -2.16. The third kappa shape index (κ3) is 1.65. The van der Waals surface area contributed by atoms with Crippen molar-refractivity contribution >= 4 is 0 Å². The Hall–Kier alpha value is -1.22. The molecule has 1 aliphatic carbocycles. The monoisotopic (exact) mass is 222 g/mol. The number of methoxy groups -OCH3 is 2. The minimum atomic E-state index is 0.0363. The molecule has 1 fully saturated rings. The van der Waals surface area contributed by atoms with Gasteiger partial charge in [-0.25, -0.2) is 0 Å². The van der Waals surface area contributed by atoms with E-state index in [0.717, 1.165) is 23.5 Å². The van der Waals surface area contributed by atoms with Crippen LogP contribution in [0, 0.1) is 5.92 Å². The molecule has 0 radical (unpaired) electrons. The van der Waals surface area contributed by atoms with Crippen molar-refractivity contribution in [2.75, 3.05) is 20.8 Å². The van der Waals surface area contributed by atoms with Gasteiger partial charge in [-0.3, -0.25) is 0 Å². The van der Waals surface area contributed by atoms with E-state index in [0.29, 0.717) is 5.92 Å². The minimum Gasteiger partial charge on any atom is -0.497 e. The molecular weight excluding hydrogens is 204 g/mol. The maximum absolute atomic E-state index is 9.22. The van der Waals surface area contributed by atoms with Gasteiger partial charge in [0, 0.05) is 17.6 Å². The zero-order chi connectivity index (χ0) is 11.8. The Kier molecular flexibility index (Phi) is 2.80. The van der Waals surface area contributed by atoms with Crippen molar-refractivity contribution in [2.24, 2.45) is 5.92 Å². The molecule has 1 saturated carbocycles. The molecule has 1 aliphatic rings. The molecule has 0 saturated heterocycles. The fraction of sp³-hybridized carbons (Fsp3) is 0.538. The highest BCUT2D eigenvalue weighted by Crippen LogP contribution is 2.56. The summed E-state index contributed by atoms with van der Waals surface area (Å²) in [5, 5.41) is 9.22. The van der Waals surface area contributed by atoms with Gasteiger partial charge in [0.15, 0.2) is 0 Å². The zero-order valence-corrected chi connectivity index (χ0v) is 9.99. The standard InChI is InChI=1S/C13H18O3/c1-13(7-9(13)8-14)11-6-10(15-2)4-5-12(11)16-3/h4-6,9,14H,7-8H2,1-3H3. The molecule has 1 aromatic rings. The molecular formula is C13H18O3. The van der Waals surface area contributed by atoms with E-state index >= 15 is 0 Å². The lowest BCUT2D eigenvalue weighted by atomic mass is 9.94. The Balaban J connectivity index is 2.38. The van der Waals surface area contributed by atoms with Crippen LogP contribution in [0.25, 0.3) is 0 Å². The van der Waals surface area contributed by atoms with Crippen molar-refractivity contribution in [1.29, 1.82) is 0 Å². The predicted octanol–water partition coefficient (Wildman–Crippen LogP) is 1.97. The van der Waals surface area contributed by atoms with Crippen molar-refractivity contribution < 1.29 is 14.6 Å². The van der Waals surface area contributed by atoms with Crippen molar-refractivity contribution in [2.45, 2.75) is 18.8 Å². The smallest absolute Gasteiger partial charge is 0.122 e. The molecule has 3 nitrogen and oxygen atoms in total. The van der Waals surface area contributed by atoms with E-state index < -0.39 is 0 Å². The van der Waals surface area contributed by atoms with Gasteiger partial charge >= 0.3 is 0 Å². The van der Waals surface area contributed by atoms with Crippen molar-refractivity contribution in [1.82, 2.24) is 0 Å². The van der Waals surface area contributed by atoms with Crippen LogP contribution in [-0.2, 0) is 5.41 Å². The third-order valence-electron chi connectivity index (χ3n) is 3.65. The van der Waals surface area contributed by atoms with E-state index in [-0.39, 0.29) is 12.0 Å². The molecule has 0 bridgehead atoms. The van der Waals surface area contributed by atoms with Crippen LogP contribution in [0.1, 0.15) is 18.9 Å². The summed E-state index contributed by atoms with van der Waals surface area (Å²) in [4.78, 5) is 0. The first-order chi connectivity index (χ1) is 7.65. The van der Waals surface area contributed by atoms with Crippen LogP contribution in [0.4, 0.5) is 0 Å². The van der Waals surface area contributed by atoms with Crippen molar-refractivity contribution in [3.63, 3.8) is 0 Å². The zero-order valence-electron chi connectivity index (χ0n) is 9.99. The summed E-state index contributed by atoms with van der Waals surface area (Å²) in [5.41, 5.74) is 1.17. The summed E-state index contributed by atoms with van der Waals surface area (Å²) in [6.07, 6.45) is 1.01. The van der Waals surface area contributed by atoms with Crippen molar-refractivity contribution in [3.05, 3.63) is 23.8 Å². The molecule has 2 atom stereocenters. The first-order valence-electron chi connectivity index (χ1n) is 5.49. The summed E-state index contributed by atoms with van der Waals surface area (Å²) in [6, 6.07) is 5.82. The quantitative estimate of drug-likeness (QED) is 0.846. The molecule has 0 spiro atoms. The topological polar surface area (TPSA) is 38.7 Å². The SMILES string of the molecule is COc1ccc(OC)c(C2(C)CC2CO)c1. The second-order valence-corrected chi connectivity index (χ2v) is 4.57. The first-order valence-corrected chi connectivity index (χ1v) is 5.49. The Bertz CT molecular complexity index is 389. The molecule has 2 unspecified atom stereocenters. The number of aliphatic hydroxyl groups excluding tert-OH is 1. The fourth-order valence-corrected chi connectivity index (χ4v) is 2.31. The van der Waals surface area contributed by atoms with E-state index in [1.165, 1.54) is 0 Å². The summed E-state index contributed by atoms with van der Waals surface area (Å²) in [7, 11) is 3.33. The second kappa shape index (κ2) is 3.98. The fourth-order valence-electron chi connectivity index (χ4n) is 2.31. The lowest BCUT2D eigenvalue weighted by Crippen LogP contribution is -2.09. The molecule has 2 rings (SSSR count). The van der Waals surface area contributed by atoms with Gasteiger partial charge in [-0.05, 0) is 30.5 Å². The number of aliphatic hydroxyl groups is 1. The molecule has 0 heterocycles. The van der Waals surface area contributed by atoms with Gasteiger partial charge in [0.2, 0.25) is 0 Å². The van der Waals surface area contributed by atoms with Crippen molar-refractivity contribution in [3.8, 4) is 11.5 Å². The highest BCUT2D eigenvalue weighted by molar-refractivity contribution is 5.48. The number of benzene rings is 1. The molecule has 1 N–H and O–H groups in total. The van der Waals surface area contributed by atoms with Crippen LogP contribution in [0.15, 0.2) is 18.2 Å². The van der Waals surface area contributed by atoms with E-state index in [4.69, 9.17) is 9.47 Å². The number of rotatable bonds is 4. The second-order valence-electron chi connectivity index (χ2n) is 4.57. The van der Waals surface area contributed by atoms with Gasteiger partial charge < -0.3 is 14.6 Å². The maximum atomic E-state index is 9.22. The third-order valence-corrected chi connectivity index (χ3v) is 3.65. The summed E-state index contributed by atoms with van der Waals surface area (Å²) in [6.45, 7) is 2.39. The van der Waals surface area contributed by atoms with E-state index in [2.05, 4.69) is 6.92 Å². The molecule has 1 aromatic carbocycles. The van der Waals surface area contributed by atoms with E-state index in [1.54, 1.807) is 14.2 Å². The Morgan fingerprint density at radius 1 is 1.38 bits per heavy atom. The van der Waals surface area contributed by atoms with Crippen LogP contribution in [-0.4, -0.2) is 25.9 Å². The average Bonchev–Trinajstić information content (AvgIpc) is 3.01. The maximum Gasteiger partial charge on any atom is 0.122 e. The highest BCUT2D eigenvalue weighted by Gasteiger charge is 2.52. The Morgan fingerprint density at radius 3 is 2.62 bits per heavy atom. The normalized spacial score (nSPS) is 27.6. The predicted molar refractivity (Wildman–Crippen MR) is 62.1 cm³/mol. The number of hydrogen-bond donors (Lipinski definition) is 1. The minimum absolute atomic E-state index is 0.0363. The molecule has 16 heavy (non-hydrogen) atoms. The number of hydrogen-bond acceptors (Lipinski definition) is 3. The van der Waals surface area contributed by atoms with Gasteiger partial charge in [-0.1, -0.05) is 6.92 Å². The van der Waals surface area contributed by atoms with Gasteiger partial charge in [-0.2, -0.15) is 0 Å². The Labute approximate surface area is 96.0 Å². The van der Waals surface area contributed by atoms with Crippen LogP contribution in [0.3, 0.4) is 0 Å². The van der Waals surface area contributed by atoms with Gasteiger partial charge in [0.25, 0.3) is 0 Å². The summed E-state index contributed by atoms with van der Waals surface area (Å²) < 4.78 is 10.6. The lowest BCUT2D eigenvalue weighted by molar-refractivity contribution is 0.264.